The van der Waals surface area contributed by atoms with Gasteiger partial charge in [-0.05, 0) is 50.4 Å². The summed E-state index contributed by atoms with van der Waals surface area (Å²) in [6, 6.07) is 0. The second-order valence-corrected chi connectivity index (χ2v) is 10.0. The van der Waals surface area contributed by atoms with Gasteiger partial charge in [0.25, 0.3) is 0 Å². The Hall–Kier alpha value is -0.790. The third kappa shape index (κ3) is 5.63. The number of carbonyl (C=O) groups is 1. The molecule has 0 aromatic rings. The van der Waals surface area contributed by atoms with Crippen molar-refractivity contribution in [1.82, 2.24) is 0 Å². The van der Waals surface area contributed by atoms with Crippen molar-refractivity contribution in [3.8, 4) is 0 Å². The average molecular weight is 339 g/mol. The summed E-state index contributed by atoms with van der Waals surface area (Å²) in [5.74, 6) is 0.250. The predicted octanol–water partition coefficient (Wildman–Crippen LogP) is 6.79. The molecule has 0 aliphatic carbocycles. The van der Waals surface area contributed by atoms with E-state index in [2.05, 4.69) is 75.8 Å². The molecule has 0 saturated heterocycles. The molecule has 0 spiro atoms. The second kappa shape index (κ2) is 8.06. The minimum atomic E-state index is -0.520. The molecule has 0 rings (SSSR count). The molecule has 0 aliphatic heterocycles. The normalized spacial score (nSPS) is 19.1. The molecular formula is C22H42O2. The van der Waals surface area contributed by atoms with Gasteiger partial charge in [-0.2, -0.15) is 0 Å². The fraction of sp³-hybridized carbons (Fsp3) is 0.864. The van der Waals surface area contributed by atoms with Gasteiger partial charge < -0.3 is 4.74 Å². The van der Waals surface area contributed by atoms with E-state index >= 15 is 0 Å². The number of hydrogen-bond donors (Lipinski definition) is 0. The zero-order valence-electron chi connectivity index (χ0n) is 18.0. The van der Waals surface area contributed by atoms with Gasteiger partial charge in [-0.1, -0.05) is 61.5 Å². The van der Waals surface area contributed by atoms with Crippen LogP contribution < -0.4 is 0 Å². The highest BCUT2D eigenvalue weighted by Crippen LogP contribution is 2.48. The molecular weight excluding hydrogens is 296 g/mol. The maximum atomic E-state index is 13.3. The van der Waals surface area contributed by atoms with Gasteiger partial charge in [-0.25, -0.2) is 0 Å². The number of esters is 1. The maximum Gasteiger partial charge on any atom is 0.312 e. The zero-order valence-corrected chi connectivity index (χ0v) is 18.0. The standard InChI is InChI=1S/C22H42O2/c1-12-15-17(13-2)22(11,14-3)24-18(23)21(10,20(7,8)9)16-19(4,5)6/h12,17H,1,13-16H2,2-11H3. The van der Waals surface area contributed by atoms with Crippen LogP contribution in [-0.4, -0.2) is 11.6 Å². The van der Waals surface area contributed by atoms with Crippen LogP contribution in [0.25, 0.3) is 0 Å². The number of ether oxygens (including phenoxy) is 1. The minimum Gasteiger partial charge on any atom is -0.459 e. The van der Waals surface area contributed by atoms with Crippen LogP contribution >= 0.6 is 0 Å². The molecule has 0 radical (unpaired) electrons. The lowest BCUT2D eigenvalue weighted by Gasteiger charge is -2.46. The molecule has 0 aromatic heterocycles. The first kappa shape index (κ1) is 23.2. The number of carbonyl (C=O) groups excluding carboxylic acids is 1. The van der Waals surface area contributed by atoms with Gasteiger partial charge in [-0.3, -0.25) is 4.79 Å². The third-order valence-electron chi connectivity index (χ3n) is 5.83. The van der Waals surface area contributed by atoms with Crippen LogP contribution in [0.1, 0.15) is 94.9 Å². The van der Waals surface area contributed by atoms with Crippen LogP contribution in [0.5, 0.6) is 0 Å². The van der Waals surface area contributed by atoms with Crippen molar-refractivity contribution in [3.05, 3.63) is 12.7 Å². The Bertz CT molecular complexity index is 424. The first-order valence-corrected chi connectivity index (χ1v) is 9.51. The first-order valence-electron chi connectivity index (χ1n) is 9.51. The number of rotatable bonds is 8. The Morgan fingerprint density at radius 2 is 1.54 bits per heavy atom. The summed E-state index contributed by atoms with van der Waals surface area (Å²) in [6.45, 7) is 25.3. The van der Waals surface area contributed by atoms with E-state index in [4.69, 9.17) is 4.74 Å². The Balaban J connectivity index is 5.70. The molecule has 0 bridgehead atoms. The van der Waals surface area contributed by atoms with E-state index in [1.165, 1.54) is 0 Å². The predicted molar refractivity (Wildman–Crippen MR) is 105 cm³/mol. The molecule has 0 aliphatic rings. The van der Waals surface area contributed by atoms with Crippen molar-refractivity contribution in [1.29, 1.82) is 0 Å². The molecule has 2 heteroatoms. The molecule has 0 heterocycles. The monoisotopic (exact) mass is 338 g/mol. The Kier molecular flexibility index (Phi) is 7.79. The van der Waals surface area contributed by atoms with E-state index in [1.54, 1.807) is 0 Å². The van der Waals surface area contributed by atoms with Crippen molar-refractivity contribution in [2.24, 2.45) is 22.2 Å². The third-order valence-corrected chi connectivity index (χ3v) is 5.83. The topological polar surface area (TPSA) is 26.3 Å². The summed E-state index contributed by atoms with van der Waals surface area (Å²) < 4.78 is 6.24. The van der Waals surface area contributed by atoms with Gasteiger partial charge in [0.1, 0.15) is 5.60 Å². The van der Waals surface area contributed by atoms with Crippen LogP contribution in [0.4, 0.5) is 0 Å². The van der Waals surface area contributed by atoms with Gasteiger partial charge in [0.2, 0.25) is 0 Å². The van der Waals surface area contributed by atoms with Crippen LogP contribution in [0.15, 0.2) is 12.7 Å². The lowest BCUT2D eigenvalue weighted by Crippen LogP contribution is -2.49. The van der Waals surface area contributed by atoms with Crippen molar-refractivity contribution in [3.63, 3.8) is 0 Å². The van der Waals surface area contributed by atoms with E-state index in [0.717, 1.165) is 25.7 Å². The van der Waals surface area contributed by atoms with Gasteiger partial charge in [0.15, 0.2) is 0 Å². The van der Waals surface area contributed by atoms with Crippen molar-refractivity contribution in [2.45, 2.75) is 101 Å². The Morgan fingerprint density at radius 1 is 1.04 bits per heavy atom. The van der Waals surface area contributed by atoms with E-state index in [-0.39, 0.29) is 16.8 Å². The quantitative estimate of drug-likeness (QED) is 0.360. The largest absolute Gasteiger partial charge is 0.459 e. The molecule has 0 fully saturated rings. The fourth-order valence-electron chi connectivity index (χ4n) is 3.52. The molecule has 3 atom stereocenters. The summed E-state index contributed by atoms with van der Waals surface area (Å²) in [5, 5.41) is 0. The molecule has 24 heavy (non-hydrogen) atoms. The van der Waals surface area contributed by atoms with Crippen LogP contribution in [0, 0.1) is 22.2 Å². The van der Waals surface area contributed by atoms with Gasteiger partial charge in [0, 0.05) is 5.92 Å². The molecule has 0 saturated carbocycles. The van der Waals surface area contributed by atoms with E-state index in [9.17, 15) is 4.79 Å². The van der Waals surface area contributed by atoms with Crippen molar-refractivity contribution in [2.75, 3.05) is 0 Å². The second-order valence-electron chi connectivity index (χ2n) is 10.0. The maximum absolute atomic E-state index is 13.3. The molecule has 2 nitrogen and oxygen atoms in total. The summed E-state index contributed by atoms with van der Waals surface area (Å²) >= 11 is 0. The summed E-state index contributed by atoms with van der Waals surface area (Å²) in [7, 11) is 0. The highest BCUT2D eigenvalue weighted by molar-refractivity contribution is 5.78. The van der Waals surface area contributed by atoms with Gasteiger partial charge in [0.05, 0.1) is 5.41 Å². The van der Waals surface area contributed by atoms with E-state index in [1.807, 2.05) is 6.08 Å². The average Bonchev–Trinajstić information content (AvgIpc) is 2.41. The van der Waals surface area contributed by atoms with Crippen LogP contribution in [-0.2, 0) is 9.53 Å². The van der Waals surface area contributed by atoms with Crippen LogP contribution in [0.3, 0.4) is 0 Å². The number of hydrogen-bond acceptors (Lipinski definition) is 2. The minimum absolute atomic E-state index is 0.0585. The van der Waals surface area contributed by atoms with Crippen LogP contribution in [0.2, 0.25) is 0 Å². The van der Waals surface area contributed by atoms with E-state index in [0.29, 0.717) is 5.92 Å². The summed E-state index contributed by atoms with van der Waals surface area (Å²) in [4.78, 5) is 13.3. The molecule has 142 valence electrons. The molecule has 3 unspecified atom stereocenters. The SMILES string of the molecule is C=CCC(CC)C(C)(CC)OC(=O)C(C)(CC(C)(C)C)C(C)(C)C. The Labute approximate surface area is 151 Å². The molecule has 0 N–H and O–H groups in total. The molecule has 0 aromatic carbocycles. The van der Waals surface area contributed by atoms with Gasteiger partial charge >= 0.3 is 5.97 Å². The highest BCUT2D eigenvalue weighted by Gasteiger charge is 2.50. The number of allylic oxidation sites excluding steroid dienone is 1. The lowest BCUT2D eigenvalue weighted by atomic mass is 9.61. The zero-order chi connectivity index (χ0) is 19.4. The summed E-state index contributed by atoms with van der Waals surface area (Å²) in [6.07, 6.45) is 5.42. The van der Waals surface area contributed by atoms with Crippen molar-refractivity contribution >= 4 is 5.97 Å². The lowest BCUT2D eigenvalue weighted by molar-refractivity contribution is -0.186. The smallest absolute Gasteiger partial charge is 0.312 e. The van der Waals surface area contributed by atoms with E-state index < -0.39 is 11.0 Å². The molecule has 0 amide bonds. The summed E-state index contributed by atoms with van der Waals surface area (Å²) in [5.41, 5.74) is -1.06. The Morgan fingerprint density at radius 3 is 1.83 bits per heavy atom. The van der Waals surface area contributed by atoms with Crippen molar-refractivity contribution < 1.29 is 9.53 Å². The fourth-order valence-corrected chi connectivity index (χ4v) is 3.52. The van der Waals surface area contributed by atoms with Gasteiger partial charge in [-0.15, -0.1) is 6.58 Å². The first-order chi connectivity index (χ1) is 10.7. The highest BCUT2D eigenvalue weighted by atomic mass is 16.6.